The molecule has 0 heterocycles. The molecule has 120 valence electrons. The first-order valence-corrected chi connectivity index (χ1v) is 7.80. The molecular formula is C18H24O4. The van der Waals surface area contributed by atoms with Gasteiger partial charge in [-0.15, -0.1) is 0 Å². The minimum Gasteiger partial charge on any atom is -0.507 e. The Kier molecular flexibility index (Phi) is 8.65. The summed E-state index contributed by atoms with van der Waals surface area (Å²) in [5, 5.41) is 18.1. The van der Waals surface area contributed by atoms with Crippen LogP contribution in [0.4, 0.5) is 0 Å². The summed E-state index contributed by atoms with van der Waals surface area (Å²) in [6.45, 7) is 0. The topological polar surface area (TPSA) is 74.6 Å². The quantitative estimate of drug-likeness (QED) is 0.475. The molecule has 2 N–H and O–H groups in total. The zero-order valence-corrected chi connectivity index (χ0v) is 12.8. The Hall–Kier alpha value is -2.10. The lowest BCUT2D eigenvalue weighted by Gasteiger charge is -2.00. The van der Waals surface area contributed by atoms with Crippen molar-refractivity contribution < 1.29 is 19.8 Å². The summed E-state index contributed by atoms with van der Waals surface area (Å²) in [5.41, 5.74) is 0.647. The Morgan fingerprint density at radius 2 is 1.50 bits per heavy atom. The van der Waals surface area contributed by atoms with Crippen LogP contribution >= 0.6 is 0 Å². The predicted octanol–water partition coefficient (Wildman–Crippen LogP) is 4.18. The molecule has 0 bridgehead atoms. The number of carbonyl (C=O) groups is 2. The van der Waals surface area contributed by atoms with Crippen LogP contribution in [0.25, 0.3) is 6.08 Å². The molecular weight excluding hydrogens is 280 g/mol. The van der Waals surface area contributed by atoms with Crippen molar-refractivity contribution in [3.8, 4) is 5.75 Å². The summed E-state index contributed by atoms with van der Waals surface area (Å²) in [6, 6.07) is 6.91. The van der Waals surface area contributed by atoms with E-state index in [4.69, 9.17) is 5.11 Å². The average molecular weight is 304 g/mol. The summed E-state index contributed by atoms with van der Waals surface area (Å²) in [5.74, 6) is -0.496. The molecule has 0 amide bonds. The highest BCUT2D eigenvalue weighted by Crippen LogP contribution is 2.17. The summed E-state index contributed by atoms with van der Waals surface area (Å²) in [7, 11) is 0. The summed E-state index contributed by atoms with van der Waals surface area (Å²) in [6.07, 6.45) is 9.49. The standard InChI is InChI=1S/C18H24O4/c19-16(14-13-15-9-7-8-11-17(15)20)10-5-3-1-2-4-6-12-18(21)22/h7-9,11,13-14,20H,1-6,10,12H2,(H,21,22)/b14-13+. The Labute approximate surface area is 131 Å². The molecule has 4 nitrogen and oxygen atoms in total. The lowest BCUT2D eigenvalue weighted by molar-refractivity contribution is -0.137. The number of rotatable bonds is 11. The number of carboxylic acid groups (broad SMARTS) is 1. The molecule has 0 saturated heterocycles. The number of aliphatic carboxylic acids is 1. The predicted molar refractivity (Wildman–Crippen MR) is 86.7 cm³/mol. The number of hydrogen-bond acceptors (Lipinski definition) is 3. The number of carboxylic acids is 1. The van der Waals surface area contributed by atoms with Crippen molar-refractivity contribution in [1.82, 2.24) is 0 Å². The number of allylic oxidation sites excluding steroid dienone is 1. The van der Waals surface area contributed by atoms with Gasteiger partial charge in [0.2, 0.25) is 0 Å². The van der Waals surface area contributed by atoms with Crippen LogP contribution < -0.4 is 0 Å². The van der Waals surface area contributed by atoms with E-state index < -0.39 is 5.97 Å². The third-order valence-corrected chi connectivity index (χ3v) is 3.45. The normalized spacial score (nSPS) is 10.9. The van der Waals surface area contributed by atoms with Gasteiger partial charge in [0.1, 0.15) is 5.75 Å². The highest BCUT2D eigenvalue weighted by Gasteiger charge is 2.00. The second-order valence-electron chi connectivity index (χ2n) is 5.37. The molecule has 4 heteroatoms. The Balaban J connectivity index is 2.09. The van der Waals surface area contributed by atoms with E-state index in [-0.39, 0.29) is 18.0 Å². The molecule has 0 spiro atoms. The van der Waals surface area contributed by atoms with Crippen molar-refractivity contribution >= 4 is 17.8 Å². The average Bonchev–Trinajstić information content (AvgIpc) is 2.49. The van der Waals surface area contributed by atoms with E-state index in [0.29, 0.717) is 12.0 Å². The van der Waals surface area contributed by atoms with E-state index in [9.17, 15) is 14.7 Å². The largest absolute Gasteiger partial charge is 0.507 e. The van der Waals surface area contributed by atoms with Gasteiger partial charge in [-0.25, -0.2) is 0 Å². The van der Waals surface area contributed by atoms with Gasteiger partial charge in [-0.05, 0) is 31.1 Å². The number of unbranched alkanes of at least 4 members (excludes halogenated alkanes) is 5. The smallest absolute Gasteiger partial charge is 0.303 e. The van der Waals surface area contributed by atoms with Gasteiger partial charge in [0.25, 0.3) is 0 Å². The number of ketones is 1. The maximum absolute atomic E-state index is 11.7. The van der Waals surface area contributed by atoms with E-state index in [1.807, 2.05) is 6.07 Å². The summed E-state index contributed by atoms with van der Waals surface area (Å²) < 4.78 is 0. The Bertz CT molecular complexity index is 506. The Morgan fingerprint density at radius 1 is 0.909 bits per heavy atom. The van der Waals surface area contributed by atoms with Gasteiger partial charge < -0.3 is 10.2 Å². The van der Waals surface area contributed by atoms with E-state index in [2.05, 4.69) is 0 Å². The van der Waals surface area contributed by atoms with Crippen LogP contribution in [0.2, 0.25) is 0 Å². The van der Waals surface area contributed by atoms with Crippen LogP contribution in [0.3, 0.4) is 0 Å². The first-order valence-electron chi connectivity index (χ1n) is 7.80. The van der Waals surface area contributed by atoms with E-state index in [1.165, 1.54) is 6.08 Å². The third-order valence-electron chi connectivity index (χ3n) is 3.45. The first-order chi connectivity index (χ1) is 10.6. The number of carbonyl (C=O) groups excluding carboxylic acids is 1. The highest BCUT2D eigenvalue weighted by atomic mass is 16.4. The van der Waals surface area contributed by atoms with Gasteiger partial charge >= 0.3 is 5.97 Å². The molecule has 0 aliphatic rings. The lowest BCUT2D eigenvalue weighted by atomic mass is 10.1. The van der Waals surface area contributed by atoms with Crippen molar-refractivity contribution in [2.75, 3.05) is 0 Å². The molecule has 1 aromatic rings. The molecule has 0 aliphatic carbocycles. The van der Waals surface area contributed by atoms with E-state index >= 15 is 0 Å². The number of aromatic hydroxyl groups is 1. The first kappa shape index (κ1) is 18.0. The van der Waals surface area contributed by atoms with Gasteiger partial charge in [-0.3, -0.25) is 9.59 Å². The molecule has 1 rings (SSSR count). The summed E-state index contributed by atoms with van der Waals surface area (Å²) >= 11 is 0. The number of para-hydroxylation sites is 1. The van der Waals surface area contributed by atoms with Gasteiger partial charge in [-0.2, -0.15) is 0 Å². The van der Waals surface area contributed by atoms with Crippen molar-refractivity contribution in [1.29, 1.82) is 0 Å². The molecule has 22 heavy (non-hydrogen) atoms. The second-order valence-corrected chi connectivity index (χ2v) is 5.37. The van der Waals surface area contributed by atoms with Crippen molar-refractivity contribution in [2.24, 2.45) is 0 Å². The molecule has 0 atom stereocenters. The maximum atomic E-state index is 11.7. The van der Waals surface area contributed by atoms with Crippen LogP contribution in [0, 0.1) is 0 Å². The molecule has 0 fully saturated rings. The fraction of sp³-hybridized carbons (Fsp3) is 0.444. The molecule has 0 aromatic heterocycles. The van der Waals surface area contributed by atoms with Crippen molar-refractivity contribution in [3.63, 3.8) is 0 Å². The summed E-state index contributed by atoms with van der Waals surface area (Å²) in [4.78, 5) is 22.0. The van der Waals surface area contributed by atoms with Crippen LogP contribution in [0.15, 0.2) is 30.3 Å². The number of phenols is 1. The molecule has 0 saturated carbocycles. The zero-order valence-electron chi connectivity index (χ0n) is 12.8. The SMILES string of the molecule is O=C(O)CCCCCCCCC(=O)/C=C/c1ccccc1O. The zero-order chi connectivity index (χ0) is 16.2. The monoisotopic (exact) mass is 304 g/mol. The molecule has 0 unspecified atom stereocenters. The van der Waals surface area contributed by atoms with E-state index in [0.717, 1.165) is 38.5 Å². The maximum Gasteiger partial charge on any atom is 0.303 e. The molecule has 1 aromatic carbocycles. The highest BCUT2D eigenvalue weighted by molar-refractivity contribution is 5.93. The second kappa shape index (κ2) is 10.6. The molecule has 0 radical (unpaired) electrons. The minimum atomic E-state index is -0.734. The van der Waals surface area contributed by atoms with Crippen LogP contribution in [0.1, 0.15) is 56.9 Å². The van der Waals surface area contributed by atoms with E-state index in [1.54, 1.807) is 24.3 Å². The van der Waals surface area contributed by atoms with Gasteiger partial charge in [0.15, 0.2) is 5.78 Å². The van der Waals surface area contributed by atoms with Gasteiger partial charge in [-0.1, -0.05) is 43.9 Å². The Morgan fingerprint density at radius 3 is 2.14 bits per heavy atom. The van der Waals surface area contributed by atoms with Crippen molar-refractivity contribution in [2.45, 2.75) is 51.4 Å². The number of hydrogen-bond donors (Lipinski definition) is 2. The van der Waals surface area contributed by atoms with Crippen LogP contribution in [0.5, 0.6) is 5.75 Å². The third kappa shape index (κ3) is 8.25. The molecule has 0 aliphatic heterocycles. The van der Waals surface area contributed by atoms with Gasteiger partial charge in [0, 0.05) is 18.4 Å². The minimum absolute atomic E-state index is 0.0640. The van der Waals surface area contributed by atoms with Crippen LogP contribution in [-0.2, 0) is 9.59 Å². The number of benzene rings is 1. The number of phenolic OH excluding ortho intramolecular Hbond substituents is 1. The fourth-order valence-electron chi connectivity index (χ4n) is 2.18. The van der Waals surface area contributed by atoms with Crippen molar-refractivity contribution in [3.05, 3.63) is 35.9 Å². The lowest BCUT2D eigenvalue weighted by Crippen LogP contribution is -1.94. The van der Waals surface area contributed by atoms with Crippen LogP contribution in [-0.4, -0.2) is 22.0 Å². The van der Waals surface area contributed by atoms with Gasteiger partial charge in [0.05, 0.1) is 0 Å². The fourth-order valence-corrected chi connectivity index (χ4v) is 2.18.